The van der Waals surface area contributed by atoms with E-state index in [4.69, 9.17) is 11.6 Å². The number of hydrogen-bond donors (Lipinski definition) is 1. The van der Waals surface area contributed by atoms with Crippen molar-refractivity contribution in [1.82, 2.24) is 0 Å². The molecule has 0 heterocycles. The number of carbonyl (C=O) groups is 1. The molecule has 2 rings (SSSR count). The molecule has 2 nitrogen and oxygen atoms in total. The second-order valence-electron chi connectivity index (χ2n) is 3.71. The molecule has 0 saturated carbocycles. The van der Waals surface area contributed by atoms with E-state index in [1.165, 1.54) is 6.08 Å². The molecule has 0 amide bonds. The monoisotopic (exact) mass is 257 g/mol. The number of allylic oxidation sites excluding steroid dienone is 1. The summed E-state index contributed by atoms with van der Waals surface area (Å²) in [7, 11) is 0. The van der Waals surface area contributed by atoms with E-state index in [2.05, 4.69) is 5.32 Å². The molecule has 0 aliphatic carbocycles. The van der Waals surface area contributed by atoms with E-state index in [-0.39, 0.29) is 5.78 Å². The Morgan fingerprint density at radius 1 is 1.00 bits per heavy atom. The van der Waals surface area contributed by atoms with Crippen molar-refractivity contribution in [3.8, 4) is 0 Å². The first kappa shape index (κ1) is 12.4. The van der Waals surface area contributed by atoms with Gasteiger partial charge in [0.15, 0.2) is 5.78 Å². The molecule has 0 saturated heterocycles. The van der Waals surface area contributed by atoms with Crippen LogP contribution in [0.3, 0.4) is 0 Å². The summed E-state index contributed by atoms with van der Waals surface area (Å²) in [6, 6.07) is 16.5. The highest BCUT2D eigenvalue weighted by atomic mass is 35.5. The average molecular weight is 258 g/mol. The van der Waals surface area contributed by atoms with Gasteiger partial charge in [0.2, 0.25) is 0 Å². The lowest BCUT2D eigenvalue weighted by atomic mass is 10.1. The van der Waals surface area contributed by atoms with Gasteiger partial charge in [-0.1, -0.05) is 29.8 Å². The van der Waals surface area contributed by atoms with Crippen molar-refractivity contribution < 1.29 is 4.79 Å². The molecule has 2 aromatic rings. The molecule has 0 fully saturated rings. The van der Waals surface area contributed by atoms with E-state index in [1.807, 2.05) is 30.3 Å². The van der Waals surface area contributed by atoms with Gasteiger partial charge in [0.25, 0.3) is 0 Å². The van der Waals surface area contributed by atoms with Crippen LogP contribution in [0, 0.1) is 0 Å². The second kappa shape index (κ2) is 6.03. The summed E-state index contributed by atoms with van der Waals surface area (Å²) in [4.78, 5) is 11.8. The van der Waals surface area contributed by atoms with Gasteiger partial charge in [-0.15, -0.1) is 0 Å². The van der Waals surface area contributed by atoms with Crippen LogP contribution in [-0.4, -0.2) is 5.78 Å². The van der Waals surface area contributed by atoms with Gasteiger partial charge in [0.05, 0.1) is 0 Å². The molecule has 0 aromatic heterocycles. The minimum absolute atomic E-state index is 0.0601. The van der Waals surface area contributed by atoms with Gasteiger partial charge in [0, 0.05) is 28.5 Å². The number of nitrogens with one attached hydrogen (secondary N) is 1. The molecule has 90 valence electrons. The van der Waals surface area contributed by atoms with Crippen LogP contribution in [0.15, 0.2) is 66.9 Å². The lowest BCUT2D eigenvalue weighted by Crippen LogP contribution is -1.95. The Morgan fingerprint density at radius 3 is 2.33 bits per heavy atom. The highest BCUT2D eigenvalue weighted by Crippen LogP contribution is 2.10. The summed E-state index contributed by atoms with van der Waals surface area (Å²) in [5.41, 5.74) is 1.56. The van der Waals surface area contributed by atoms with E-state index in [0.717, 1.165) is 5.69 Å². The molecule has 0 atom stereocenters. The van der Waals surface area contributed by atoms with E-state index in [9.17, 15) is 4.79 Å². The van der Waals surface area contributed by atoms with Crippen molar-refractivity contribution in [2.24, 2.45) is 0 Å². The molecular weight excluding hydrogens is 246 g/mol. The number of ketones is 1. The zero-order valence-electron chi connectivity index (χ0n) is 9.64. The third-order valence-corrected chi connectivity index (χ3v) is 2.64. The number of benzene rings is 2. The van der Waals surface area contributed by atoms with Gasteiger partial charge < -0.3 is 5.32 Å². The van der Waals surface area contributed by atoms with E-state index in [0.29, 0.717) is 10.6 Å². The maximum Gasteiger partial charge on any atom is 0.187 e. The van der Waals surface area contributed by atoms with E-state index in [1.54, 1.807) is 30.5 Å². The van der Waals surface area contributed by atoms with Crippen LogP contribution in [0.25, 0.3) is 0 Å². The Labute approximate surface area is 111 Å². The topological polar surface area (TPSA) is 29.1 Å². The quantitative estimate of drug-likeness (QED) is 0.659. The molecule has 3 heteroatoms. The minimum atomic E-state index is -0.0601. The number of para-hydroxylation sites is 1. The number of anilines is 1. The predicted octanol–water partition coefficient (Wildman–Crippen LogP) is 4.15. The Kier molecular flexibility index (Phi) is 4.15. The van der Waals surface area contributed by atoms with Crippen LogP contribution in [0.2, 0.25) is 5.02 Å². The van der Waals surface area contributed by atoms with Gasteiger partial charge in [-0.25, -0.2) is 0 Å². The molecule has 2 aromatic carbocycles. The van der Waals surface area contributed by atoms with Crippen LogP contribution in [-0.2, 0) is 0 Å². The van der Waals surface area contributed by atoms with Gasteiger partial charge in [-0.2, -0.15) is 0 Å². The Morgan fingerprint density at radius 2 is 1.67 bits per heavy atom. The van der Waals surface area contributed by atoms with Crippen LogP contribution in [0.1, 0.15) is 10.4 Å². The lowest BCUT2D eigenvalue weighted by Gasteiger charge is -1.99. The standard InChI is InChI=1S/C15H12ClNO/c16-13-8-6-12(7-9-13)15(18)10-11-17-14-4-2-1-3-5-14/h1-11,17H. The minimum Gasteiger partial charge on any atom is -0.362 e. The van der Waals surface area contributed by atoms with Crippen LogP contribution in [0.4, 0.5) is 5.69 Å². The number of hydrogen-bond acceptors (Lipinski definition) is 2. The average Bonchev–Trinajstić information content (AvgIpc) is 2.40. The van der Waals surface area contributed by atoms with Crippen molar-refractivity contribution in [2.45, 2.75) is 0 Å². The Hall–Kier alpha value is -2.06. The molecule has 0 radical (unpaired) electrons. The summed E-state index contributed by atoms with van der Waals surface area (Å²) in [6.07, 6.45) is 3.13. The fourth-order valence-corrected chi connectivity index (χ4v) is 1.58. The van der Waals surface area contributed by atoms with Gasteiger partial charge in [-0.05, 0) is 36.4 Å². The molecule has 0 spiro atoms. The van der Waals surface area contributed by atoms with E-state index < -0.39 is 0 Å². The predicted molar refractivity (Wildman–Crippen MR) is 75.0 cm³/mol. The molecule has 0 aliphatic rings. The highest BCUT2D eigenvalue weighted by Gasteiger charge is 2.00. The zero-order chi connectivity index (χ0) is 12.8. The number of rotatable bonds is 4. The molecule has 0 unspecified atom stereocenters. The Balaban J connectivity index is 1.97. The second-order valence-corrected chi connectivity index (χ2v) is 4.15. The summed E-state index contributed by atoms with van der Waals surface area (Å²) >= 11 is 5.76. The van der Waals surface area contributed by atoms with Crippen LogP contribution < -0.4 is 5.32 Å². The first-order valence-corrected chi connectivity index (χ1v) is 5.91. The van der Waals surface area contributed by atoms with Gasteiger partial charge in [0.1, 0.15) is 0 Å². The van der Waals surface area contributed by atoms with Crippen LogP contribution >= 0.6 is 11.6 Å². The van der Waals surface area contributed by atoms with Crippen LogP contribution in [0.5, 0.6) is 0 Å². The van der Waals surface area contributed by atoms with Gasteiger partial charge >= 0.3 is 0 Å². The molecule has 0 bridgehead atoms. The van der Waals surface area contributed by atoms with Crippen molar-refractivity contribution in [3.05, 3.63) is 77.5 Å². The van der Waals surface area contributed by atoms with Crippen molar-refractivity contribution in [2.75, 3.05) is 5.32 Å². The fraction of sp³-hybridized carbons (Fsp3) is 0. The highest BCUT2D eigenvalue weighted by molar-refractivity contribution is 6.30. The molecule has 1 N–H and O–H groups in total. The number of halogens is 1. The van der Waals surface area contributed by atoms with Crippen molar-refractivity contribution in [1.29, 1.82) is 0 Å². The fourth-order valence-electron chi connectivity index (χ4n) is 1.46. The van der Waals surface area contributed by atoms with Gasteiger partial charge in [-0.3, -0.25) is 4.79 Å². The first-order chi connectivity index (χ1) is 8.75. The summed E-state index contributed by atoms with van der Waals surface area (Å²) < 4.78 is 0. The van der Waals surface area contributed by atoms with Crippen molar-refractivity contribution in [3.63, 3.8) is 0 Å². The van der Waals surface area contributed by atoms with Crippen molar-refractivity contribution >= 4 is 23.1 Å². The maximum absolute atomic E-state index is 11.8. The normalized spacial score (nSPS) is 10.5. The summed E-state index contributed by atoms with van der Waals surface area (Å²) in [6.45, 7) is 0. The molecular formula is C15H12ClNO. The number of carbonyl (C=O) groups excluding carboxylic acids is 1. The largest absolute Gasteiger partial charge is 0.362 e. The summed E-state index contributed by atoms with van der Waals surface area (Å²) in [5, 5.41) is 3.65. The maximum atomic E-state index is 11.8. The smallest absolute Gasteiger partial charge is 0.187 e. The third kappa shape index (κ3) is 3.47. The molecule has 0 aliphatic heterocycles. The zero-order valence-corrected chi connectivity index (χ0v) is 10.4. The van der Waals surface area contributed by atoms with E-state index >= 15 is 0 Å². The SMILES string of the molecule is O=C(C=CNc1ccccc1)c1ccc(Cl)cc1. The summed E-state index contributed by atoms with van der Waals surface area (Å²) in [5.74, 6) is -0.0601. The Bertz CT molecular complexity index is 546. The first-order valence-electron chi connectivity index (χ1n) is 5.54. The lowest BCUT2D eigenvalue weighted by molar-refractivity contribution is 0.104. The molecule has 18 heavy (non-hydrogen) atoms. The third-order valence-electron chi connectivity index (χ3n) is 2.39.